The molecule has 0 radical (unpaired) electrons. The molecule has 0 saturated carbocycles. The zero-order valence-electron chi connectivity index (χ0n) is 14.6. The third-order valence-electron chi connectivity index (χ3n) is 4.61. The van der Waals surface area contributed by atoms with E-state index < -0.39 is 9.73 Å². The summed E-state index contributed by atoms with van der Waals surface area (Å²) >= 11 is 0. The van der Waals surface area contributed by atoms with Crippen LogP contribution in [0, 0.1) is 5.92 Å². The van der Waals surface area contributed by atoms with Crippen LogP contribution in [0.5, 0.6) is 0 Å². The van der Waals surface area contributed by atoms with E-state index in [4.69, 9.17) is 0 Å². The predicted molar refractivity (Wildman–Crippen MR) is 98.8 cm³/mol. The first-order valence-electron chi connectivity index (χ1n) is 8.31. The molecule has 1 aliphatic rings. The van der Waals surface area contributed by atoms with Gasteiger partial charge in [-0.25, -0.2) is 4.36 Å². The van der Waals surface area contributed by atoms with Gasteiger partial charge in [0.25, 0.3) is 5.91 Å². The number of aromatic nitrogens is 1. The van der Waals surface area contributed by atoms with Crippen molar-refractivity contribution < 1.29 is 9.00 Å². The standard InChI is InChI=1S/C18H25N3O2S/c1-20-11-9-15-16(7-4-8-17(15)20)18(22)21-10-5-6-14(13-21)12-19-24(2,3)23/h4,7-9,11,14H,5-6,10,12-13H2,1-3H3. The Labute approximate surface area is 143 Å². The van der Waals surface area contributed by atoms with E-state index in [1.807, 2.05) is 47.0 Å². The second-order valence-electron chi connectivity index (χ2n) is 6.92. The molecule has 1 atom stereocenters. The molecule has 1 aromatic heterocycles. The van der Waals surface area contributed by atoms with Crippen LogP contribution in [0.1, 0.15) is 23.2 Å². The molecule has 1 unspecified atom stereocenters. The Hall–Kier alpha value is -1.82. The van der Waals surface area contributed by atoms with Gasteiger partial charge in [0.05, 0.1) is 6.54 Å². The normalized spacial score (nSPS) is 18.8. The number of likely N-dealkylation sites (tertiary alicyclic amines) is 1. The molecule has 1 aliphatic heterocycles. The van der Waals surface area contributed by atoms with Crippen molar-refractivity contribution in [1.82, 2.24) is 9.47 Å². The van der Waals surface area contributed by atoms with Crippen molar-refractivity contribution in [2.45, 2.75) is 12.8 Å². The molecule has 24 heavy (non-hydrogen) atoms. The van der Waals surface area contributed by atoms with Gasteiger partial charge in [-0.15, -0.1) is 0 Å². The summed E-state index contributed by atoms with van der Waals surface area (Å²) in [5.74, 6) is 0.392. The van der Waals surface area contributed by atoms with Crippen molar-refractivity contribution in [3.8, 4) is 0 Å². The summed E-state index contributed by atoms with van der Waals surface area (Å²) in [6.45, 7) is 2.05. The van der Waals surface area contributed by atoms with E-state index in [0.29, 0.717) is 19.0 Å². The van der Waals surface area contributed by atoms with Gasteiger partial charge in [-0.1, -0.05) is 6.07 Å². The molecule has 1 saturated heterocycles. The second kappa shape index (κ2) is 6.59. The summed E-state index contributed by atoms with van der Waals surface area (Å²) < 4.78 is 18.1. The molecule has 6 heteroatoms. The van der Waals surface area contributed by atoms with Crippen LogP contribution < -0.4 is 0 Å². The van der Waals surface area contributed by atoms with Crippen molar-refractivity contribution in [2.24, 2.45) is 17.3 Å². The minimum absolute atomic E-state index is 0.0882. The fourth-order valence-electron chi connectivity index (χ4n) is 3.34. The van der Waals surface area contributed by atoms with E-state index in [1.165, 1.54) is 0 Å². The van der Waals surface area contributed by atoms with Gasteiger partial charge < -0.3 is 9.47 Å². The minimum Gasteiger partial charge on any atom is -0.351 e. The fourth-order valence-corrected chi connectivity index (χ4v) is 3.91. The number of carbonyl (C=O) groups is 1. The van der Waals surface area contributed by atoms with Crippen LogP contribution in [0.2, 0.25) is 0 Å². The van der Waals surface area contributed by atoms with Crippen LogP contribution in [-0.4, -0.2) is 51.7 Å². The minimum atomic E-state index is -2.07. The predicted octanol–water partition coefficient (Wildman–Crippen LogP) is 2.76. The molecular weight excluding hydrogens is 322 g/mol. The van der Waals surface area contributed by atoms with Gasteiger partial charge in [0.15, 0.2) is 0 Å². The topological polar surface area (TPSA) is 54.7 Å². The number of rotatable bonds is 3. The first-order valence-corrected chi connectivity index (χ1v) is 10.6. The average molecular weight is 347 g/mol. The van der Waals surface area contributed by atoms with Crippen LogP contribution >= 0.6 is 0 Å². The molecule has 1 aromatic carbocycles. The quantitative estimate of drug-likeness (QED) is 0.857. The van der Waals surface area contributed by atoms with Crippen molar-refractivity contribution >= 4 is 26.5 Å². The van der Waals surface area contributed by atoms with Gasteiger partial charge >= 0.3 is 0 Å². The average Bonchev–Trinajstić information content (AvgIpc) is 2.93. The van der Waals surface area contributed by atoms with Gasteiger partial charge in [-0.05, 0) is 37.0 Å². The van der Waals surface area contributed by atoms with Crippen LogP contribution in [0.25, 0.3) is 10.9 Å². The molecule has 3 rings (SSSR count). The fraction of sp³-hybridized carbons (Fsp3) is 0.500. The SMILES string of the molecule is Cn1ccc2c(C(=O)N3CCCC(CN=S(C)(C)=O)C3)cccc21. The zero-order valence-corrected chi connectivity index (χ0v) is 15.4. The summed E-state index contributed by atoms with van der Waals surface area (Å²) in [4.78, 5) is 14.9. The maximum Gasteiger partial charge on any atom is 0.254 e. The van der Waals surface area contributed by atoms with E-state index in [9.17, 15) is 9.00 Å². The largest absolute Gasteiger partial charge is 0.351 e. The number of nitrogens with zero attached hydrogens (tertiary/aromatic N) is 3. The summed E-state index contributed by atoms with van der Waals surface area (Å²) in [5, 5.41) is 1.00. The van der Waals surface area contributed by atoms with Crippen molar-refractivity contribution in [1.29, 1.82) is 0 Å². The highest BCUT2D eigenvalue weighted by Crippen LogP contribution is 2.24. The monoisotopic (exact) mass is 347 g/mol. The van der Waals surface area contributed by atoms with E-state index in [0.717, 1.165) is 35.9 Å². The molecule has 5 nitrogen and oxygen atoms in total. The van der Waals surface area contributed by atoms with E-state index in [1.54, 1.807) is 12.5 Å². The van der Waals surface area contributed by atoms with E-state index in [-0.39, 0.29) is 5.91 Å². The van der Waals surface area contributed by atoms with Gasteiger partial charge in [0.2, 0.25) is 0 Å². The summed E-state index contributed by atoms with van der Waals surface area (Å²) in [7, 11) is -0.0825. The van der Waals surface area contributed by atoms with Gasteiger partial charge in [-0.3, -0.25) is 9.00 Å². The number of hydrogen-bond donors (Lipinski definition) is 0. The molecule has 0 spiro atoms. The second-order valence-corrected chi connectivity index (χ2v) is 9.54. The summed E-state index contributed by atoms with van der Waals surface area (Å²) in [5.41, 5.74) is 1.83. The highest BCUT2D eigenvalue weighted by atomic mass is 32.2. The van der Waals surface area contributed by atoms with Crippen molar-refractivity contribution in [3.63, 3.8) is 0 Å². The first-order chi connectivity index (χ1) is 11.3. The Kier molecular flexibility index (Phi) is 4.67. The van der Waals surface area contributed by atoms with Crippen LogP contribution in [0.3, 0.4) is 0 Å². The number of carbonyl (C=O) groups excluding carboxylic acids is 1. The first kappa shape index (κ1) is 17.0. The molecule has 0 N–H and O–H groups in total. The third-order valence-corrected chi connectivity index (χ3v) is 5.38. The molecule has 0 aliphatic carbocycles. The zero-order chi connectivity index (χ0) is 17.3. The number of amides is 1. The van der Waals surface area contributed by atoms with Crippen LogP contribution in [0.4, 0.5) is 0 Å². The summed E-state index contributed by atoms with van der Waals surface area (Å²) in [6.07, 6.45) is 7.33. The Morgan fingerprint density at radius 2 is 2.12 bits per heavy atom. The lowest BCUT2D eigenvalue weighted by atomic mass is 9.97. The van der Waals surface area contributed by atoms with E-state index in [2.05, 4.69) is 4.36 Å². The Bertz CT molecular complexity index is 870. The Balaban J connectivity index is 1.80. The number of hydrogen-bond acceptors (Lipinski definition) is 3. The number of piperidine rings is 1. The Morgan fingerprint density at radius 1 is 1.33 bits per heavy atom. The number of benzene rings is 1. The Morgan fingerprint density at radius 3 is 2.88 bits per heavy atom. The highest BCUT2D eigenvalue weighted by molar-refractivity contribution is 7.92. The third kappa shape index (κ3) is 3.64. The van der Waals surface area contributed by atoms with Crippen molar-refractivity contribution in [2.75, 3.05) is 32.1 Å². The van der Waals surface area contributed by atoms with Gasteiger partial charge in [0.1, 0.15) is 0 Å². The maximum absolute atomic E-state index is 13.0. The lowest BCUT2D eigenvalue weighted by Gasteiger charge is -2.32. The summed E-state index contributed by atoms with van der Waals surface area (Å²) in [6, 6.07) is 7.88. The molecule has 1 amide bonds. The van der Waals surface area contributed by atoms with E-state index >= 15 is 0 Å². The van der Waals surface area contributed by atoms with Gasteiger partial charge in [-0.2, -0.15) is 0 Å². The highest BCUT2D eigenvalue weighted by Gasteiger charge is 2.25. The van der Waals surface area contributed by atoms with Gasteiger partial charge in [0, 0.05) is 65.0 Å². The molecule has 0 bridgehead atoms. The lowest BCUT2D eigenvalue weighted by molar-refractivity contribution is 0.0680. The van der Waals surface area contributed by atoms with Crippen LogP contribution in [0.15, 0.2) is 34.8 Å². The smallest absolute Gasteiger partial charge is 0.254 e. The molecule has 2 heterocycles. The van der Waals surface area contributed by atoms with Crippen molar-refractivity contribution in [3.05, 3.63) is 36.0 Å². The molecule has 2 aromatic rings. The molecular formula is C18H25N3O2S. The lowest BCUT2D eigenvalue weighted by Crippen LogP contribution is -2.40. The molecule has 1 fully saturated rings. The maximum atomic E-state index is 13.0. The number of fused-ring (bicyclic) bond motifs is 1. The molecule has 130 valence electrons. The van der Waals surface area contributed by atoms with Crippen LogP contribution in [-0.2, 0) is 16.8 Å². The number of aryl methyl sites for hydroxylation is 1.